The Bertz CT molecular complexity index is 158. The molecular weight excluding hydrogens is 142 g/mol. The van der Waals surface area contributed by atoms with Gasteiger partial charge in [-0.05, 0) is 25.3 Å². The molecule has 0 amide bonds. The summed E-state index contributed by atoms with van der Waals surface area (Å²) >= 11 is 0. The normalized spacial score (nSPS) is 29.0. The molecular formula is C8H15NO2. The van der Waals surface area contributed by atoms with E-state index in [4.69, 9.17) is 5.11 Å². The maximum Gasteiger partial charge on any atom is 0.317 e. The topological polar surface area (TPSA) is 40.5 Å². The second-order valence-electron chi connectivity index (χ2n) is 3.56. The summed E-state index contributed by atoms with van der Waals surface area (Å²) in [6.07, 6.45) is 1.27. The van der Waals surface area contributed by atoms with E-state index >= 15 is 0 Å². The van der Waals surface area contributed by atoms with Crippen LogP contribution in [0.15, 0.2) is 0 Å². The standard InChI is InChI=1S/C8H15NO2/c1-6-3-7(6)4-9(2)5-8(10)11/h6-7H,3-5H2,1-2H3,(H,10,11). The smallest absolute Gasteiger partial charge is 0.317 e. The zero-order valence-electron chi connectivity index (χ0n) is 7.08. The van der Waals surface area contributed by atoms with Crippen molar-refractivity contribution in [3.63, 3.8) is 0 Å². The second-order valence-corrected chi connectivity index (χ2v) is 3.56. The SMILES string of the molecule is CC1CC1CN(C)CC(=O)O. The Kier molecular flexibility index (Phi) is 2.49. The second kappa shape index (κ2) is 3.22. The lowest BCUT2D eigenvalue weighted by molar-refractivity contribution is -0.138. The van der Waals surface area contributed by atoms with Crippen molar-refractivity contribution in [1.82, 2.24) is 4.90 Å². The van der Waals surface area contributed by atoms with E-state index in [1.165, 1.54) is 6.42 Å². The zero-order valence-corrected chi connectivity index (χ0v) is 7.08. The van der Waals surface area contributed by atoms with Gasteiger partial charge in [-0.1, -0.05) is 6.92 Å². The molecule has 0 heterocycles. The molecule has 64 valence electrons. The lowest BCUT2D eigenvalue weighted by Crippen LogP contribution is -2.27. The van der Waals surface area contributed by atoms with Gasteiger partial charge in [0.2, 0.25) is 0 Å². The molecule has 0 radical (unpaired) electrons. The Hall–Kier alpha value is -0.570. The number of likely N-dealkylation sites (N-methyl/N-ethyl adjacent to an activating group) is 1. The molecule has 0 saturated heterocycles. The summed E-state index contributed by atoms with van der Waals surface area (Å²) in [5, 5.41) is 8.44. The van der Waals surface area contributed by atoms with Crippen LogP contribution in [0.4, 0.5) is 0 Å². The van der Waals surface area contributed by atoms with Crippen LogP contribution in [0.2, 0.25) is 0 Å². The highest BCUT2D eigenvalue weighted by atomic mass is 16.4. The van der Waals surface area contributed by atoms with Gasteiger partial charge in [0.15, 0.2) is 0 Å². The lowest BCUT2D eigenvalue weighted by Gasteiger charge is -2.12. The highest BCUT2D eigenvalue weighted by molar-refractivity contribution is 5.68. The Morgan fingerprint density at radius 2 is 2.27 bits per heavy atom. The van der Waals surface area contributed by atoms with E-state index < -0.39 is 5.97 Å². The third-order valence-corrected chi connectivity index (χ3v) is 2.23. The van der Waals surface area contributed by atoms with Crippen LogP contribution in [-0.2, 0) is 4.79 Å². The molecule has 1 rings (SSSR count). The van der Waals surface area contributed by atoms with Gasteiger partial charge in [0.1, 0.15) is 0 Å². The predicted molar refractivity (Wildman–Crippen MR) is 42.4 cm³/mol. The van der Waals surface area contributed by atoms with Crippen molar-refractivity contribution in [2.24, 2.45) is 11.8 Å². The molecule has 0 spiro atoms. The molecule has 0 aliphatic heterocycles. The fourth-order valence-corrected chi connectivity index (χ4v) is 1.35. The summed E-state index contributed by atoms with van der Waals surface area (Å²) in [6.45, 7) is 3.32. The van der Waals surface area contributed by atoms with Gasteiger partial charge in [-0.3, -0.25) is 9.69 Å². The van der Waals surface area contributed by atoms with Gasteiger partial charge in [0.25, 0.3) is 0 Å². The maximum absolute atomic E-state index is 10.3. The van der Waals surface area contributed by atoms with Gasteiger partial charge >= 0.3 is 5.97 Å². The third-order valence-electron chi connectivity index (χ3n) is 2.23. The number of carboxylic acids is 1. The number of rotatable bonds is 4. The third kappa shape index (κ3) is 2.89. The van der Waals surface area contributed by atoms with E-state index in [1.54, 1.807) is 0 Å². The number of aliphatic carboxylic acids is 1. The molecule has 3 nitrogen and oxygen atoms in total. The van der Waals surface area contributed by atoms with Crippen molar-refractivity contribution >= 4 is 5.97 Å². The molecule has 2 atom stereocenters. The zero-order chi connectivity index (χ0) is 8.43. The Balaban J connectivity index is 2.11. The minimum atomic E-state index is -0.735. The average molecular weight is 157 g/mol. The summed E-state index contributed by atoms with van der Waals surface area (Å²) in [6, 6.07) is 0. The van der Waals surface area contributed by atoms with Crippen LogP contribution < -0.4 is 0 Å². The molecule has 1 fully saturated rings. The minimum Gasteiger partial charge on any atom is -0.480 e. The summed E-state index contributed by atoms with van der Waals surface area (Å²) < 4.78 is 0. The van der Waals surface area contributed by atoms with Crippen LogP contribution in [0.3, 0.4) is 0 Å². The summed E-state index contributed by atoms with van der Waals surface area (Å²) in [5.41, 5.74) is 0. The molecule has 0 aromatic rings. The maximum atomic E-state index is 10.3. The Labute approximate surface area is 67.0 Å². The van der Waals surface area contributed by atoms with Gasteiger partial charge in [-0.2, -0.15) is 0 Å². The van der Waals surface area contributed by atoms with Crippen molar-refractivity contribution in [3.8, 4) is 0 Å². The van der Waals surface area contributed by atoms with E-state index in [9.17, 15) is 4.79 Å². The molecule has 11 heavy (non-hydrogen) atoms. The lowest BCUT2D eigenvalue weighted by atomic mass is 10.3. The Morgan fingerprint density at radius 3 is 2.64 bits per heavy atom. The van der Waals surface area contributed by atoms with Crippen molar-refractivity contribution in [2.45, 2.75) is 13.3 Å². The molecule has 0 aromatic carbocycles. The van der Waals surface area contributed by atoms with Gasteiger partial charge in [0.05, 0.1) is 6.54 Å². The summed E-state index contributed by atoms with van der Waals surface area (Å²) in [5.74, 6) is 0.825. The first kappa shape index (κ1) is 8.53. The quantitative estimate of drug-likeness (QED) is 0.651. The van der Waals surface area contributed by atoms with E-state index in [0.717, 1.165) is 18.4 Å². The van der Waals surface area contributed by atoms with Crippen LogP contribution in [0, 0.1) is 11.8 Å². The molecule has 1 aliphatic carbocycles. The van der Waals surface area contributed by atoms with Gasteiger partial charge < -0.3 is 5.11 Å². The predicted octanol–water partition coefficient (Wildman–Crippen LogP) is 0.659. The van der Waals surface area contributed by atoms with Crippen LogP contribution in [0.1, 0.15) is 13.3 Å². The number of nitrogens with zero attached hydrogens (tertiary/aromatic N) is 1. The van der Waals surface area contributed by atoms with Crippen molar-refractivity contribution < 1.29 is 9.90 Å². The first-order chi connectivity index (χ1) is 5.09. The summed E-state index contributed by atoms with van der Waals surface area (Å²) in [4.78, 5) is 12.1. The van der Waals surface area contributed by atoms with Crippen molar-refractivity contribution in [2.75, 3.05) is 20.1 Å². The van der Waals surface area contributed by atoms with Crippen LogP contribution in [0.25, 0.3) is 0 Å². The largest absolute Gasteiger partial charge is 0.480 e. The number of carboxylic acid groups (broad SMARTS) is 1. The molecule has 0 bridgehead atoms. The molecule has 3 heteroatoms. The fourth-order valence-electron chi connectivity index (χ4n) is 1.35. The molecule has 2 unspecified atom stereocenters. The average Bonchev–Trinajstić information content (AvgIpc) is 2.43. The van der Waals surface area contributed by atoms with E-state index in [-0.39, 0.29) is 6.54 Å². The van der Waals surface area contributed by atoms with E-state index in [1.807, 2.05) is 11.9 Å². The number of hydrogen-bond acceptors (Lipinski definition) is 2. The van der Waals surface area contributed by atoms with Crippen molar-refractivity contribution in [3.05, 3.63) is 0 Å². The molecule has 1 N–H and O–H groups in total. The van der Waals surface area contributed by atoms with Gasteiger partial charge in [0, 0.05) is 6.54 Å². The minimum absolute atomic E-state index is 0.170. The highest BCUT2D eigenvalue weighted by Crippen LogP contribution is 2.37. The van der Waals surface area contributed by atoms with Crippen LogP contribution in [-0.4, -0.2) is 36.1 Å². The number of hydrogen-bond donors (Lipinski definition) is 1. The van der Waals surface area contributed by atoms with E-state index in [0.29, 0.717) is 0 Å². The van der Waals surface area contributed by atoms with Gasteiger partial charge in [-0.25, -0.2) is 0 Å². The van der Waals surface area contributed by atoms with Crippen molar-refractivity contribution in [1.29, 1.82) is 0 Å². The van der Waals surface area contributed by atoms with Crippen LogP contribution >= 0.6 is 0 Å². The molecule has 1 saturated carbocycles. The summed E-state index contributed by atoms with van der Waals surface area (Å²) in [7, 11) is 1.86. The monoisotopic (exact) mass is 157 g/mol. The fraction of sp³-hybridized carbons (Fsp3) is 0.875. The van der Waals surface area contributed by atoms with Crippen LogP contribution in [0.5, 0.6) is 0 Å². The van der Waals surface area contributed by atoms with Gasteiger partial charge in [-0.15, -0.1) is 0 Å². The number of carbonyl (C=O) groups is 1. The highest BCUT2D eigenvalue weighted by Gasteiger charge is 2.33. The molecule has 1 aliphatic rings. The van der Waals surface area contributed by atoms with E-state index in [2.05, 4.69) is 6.92 Å². The first-order valence-corrected chi connectivity index (χ1v) is 4.00. The first-order valence-electron chi connectivity index (χ1n) is 4.00. The Morgan fingerprint density at radius 1 is 1.73 bits per heavy atom. The molecule has 0 aromatic heterocycles.